The average molecular weight is 338 g/mol. The number of benzene rings is 1. The fraction of sp³-hybridized carbons (Fsp3) is 0.368. The lowest BCUT2D eigenvalue weighted by Gasteiger charge is -2.38. The molecule has 0 saturated heterocycles. The Labute approximate surface area is 146 Å². The van der Waals surface area contributed by atoms with Crippen LogP contribution in [0, 0.1) is 6.92 Å². The van der Waals surface area contributed by atoms with Crippen LogP contribution in [0.25, 0.3) is 11.5 Å². The molecule has 0 aliphatic carbocycles. The van der Waals surface area contributed by atoms with E-state index < -0.39 is 0 Å². The first-order valence-corrected chi connectivity index (χ1v) is 8.39. The molecule has 1 unspecified atom stereocenters. The first-order valence-electron chi connectivity index (χ1n) is 8.39. The summed E-state index contributed by atoms with van der Waals surface area (Å²) < 4.78 is 13.7. The van der Waals surface area contributed by atoms with E-state index >= 15 is 0 Å². The molecular weight excluding hydrogens is 316 g/mol. The fourth-order valence-electron chi connectivity index (χ4n) is 3.46. The summed E-state index contributed by atoms with van der Waals surface area (Å²) in [5, 5.41) is 7.37. The molecule has 3 aromatic rings. The Morgan fingerprint density at radius 3 is 2.88 bits per heavy atom. The number of fused-ring (bicyclic) bond motifs is 1. The maximum atomic E-state index is 6.20. The Bertz CT molecular complexity index is 910. The summed E-state index contributed by atoms with van der Waals surface area (Å²) in [5.41, 5.74) is 2.71. The van der Waals surface area contributed by atoms with Crippen LogP contribution in [0.2, 0.25) is 0 Å². The van der Waals surface area contributed by atoms with Gasteiger partial charge in [0.2, 0.25) is 0 Å². The highest BCUT2D eigenvalue weighted by atomic mass is 16.5. The van der Waals surface area contributed by atoms with Crippen molar-refractivity contribution < 1.29 is 9.47 Å². The van der Waals surface area contributed by atoms with Gasteiger partial charge in [0, 0.05) is 36.1 Å². The Kier molecular flexibility index (Phi) is 3.56. The van der Waals surface area contributed by atoms with Gasteiger partial charge in [0.25, 0.3) is 0 Å². The zero-order valence-corrected chi connectivity index (χ0v) is 14.9. The molecule has 1 aromatic carbocycles. The van der Waals surface area contributed by atoms with Crippen LogP contribution in [0.5, 0.6) is 11.5 Å². The maximum absolute atomic E-state index is 6.20. The van der Waals surface area contributed by atoms with E-state index in [0.29, 0.717) is 0 Å². The number of aromatic amines is 1. The number of methoxy groups -OCH3 is 1. The predicted octanol–water partition coefficient (Wildman–Crippen LogP) is 3.74. The van der Waals surface area contributed by atoms with Gasteiger partial charge in [0.15, 0.2) is 5.82 Å². The number of aromatic nitrogens is 4. The molecular formula is C19H22N4O2. The number of rotatable bonds is 3. The molecule has 1 N–H and O–H groups in total. The SMILES string of the molecule is COc1ccc2c(c1)OC(C)(C)CC2n1ccnc1-c1cc(C)[nH]n1. The van der Waals surface area contributed by atoms with Crippen LogP contribution in [-0.2, 0) is 0 Å². The quantitative estimate of drug-likeness (QED) is 0.790. The van der Waals surface area contributed by atoms with Crippen LogP contribution in [-0.4, -0.2) is 32.5 Å². The minimum absolute atomic E-state index is 0.124. The molecule has 130 valence electrons. The second kappa shape index (κ2) is 5.65. The van der Waals surface area contributed by atoms with Crippen LogP contribution >= 0.6 is 0 Å². The van der Waals surface area contributed by atoms with Crippen LogP contribution in [0.3, 0.4) is 0 Å². The predicted molar refractivity (Wildman–Crippen MR) is 95.0 cm³/mol. The Balaban J connectivity index is 1.83. The molecule has 1 aliphatic heterocycles. The second-order valence-corrected chi connectivity index (χ2v) is 7.08. The van der Waals surface area contributed by atoms with Gasteiger partial charge < -0.3 is 14.0 Å². The first-order chi connectivity index (χ1) is 12.0. The number of aryl methyl sites for hydroxylation is 1. The molecule has 1 atom stereocenters. The molecule has 0 fully saturated rings. The van der Waals surface area contributed by atoms with E-state index in [2.05, 4.69) is 39.7 Å². The lowest BCUT2D eigenvalue weighted by Crippen LogP contribution is -2.37. The number of H-pyrrole nitrogens is 1. The summed E-state index contributed by atoms with van der Waals surface area (Å²) in [7, 11) is 1.67. The van der Waals surface area contributed by atoms with E-state index in [1.165, 1.54) is 0 Å². The van der Waals surface area contributed by atoms with E-state index in [4.69, 9.17) is 9.47 Å². The highest BCUT2D eigenvalue weighted by molar-refractivity contribution is 5.52. The second-order valence-electron chi connectivity index (χ2n) is 7.08. The summed E-state index contributed by atoms with van der Waals surface area (Å²) >= 11 is 0. The zero-order valence-electron chi connectivity index (χ0n) is 14.9. The van der Waals surface area contributed by atoms with Gasteiger partial charge in [-0.1, -0.05) is 0 Å². The standard InChI is InChI=1S/C19H22N4O2/c1-12-9-15(22-21-12)18-20-7-8-23(18)16-11-19(2,3)25-17-10-13(24-4)5-6-14(16)17/h5-10,16H,11H2,1-4H3,(H,21,22). The number of hydrogen-bond donors (Lipinski definition) is 1. The van der Waals surface area contributed by atoms with Gasteiger partial charge in [-0.3, -0.25) is 5.10 Å². The zero-order chi connectivity index (χ0) is 17.6. The molecule has 6 nitrogen and oxygen atoms in total. The molecule has 4 rings (SSSR count). The number of ether oxygens (including phenoxy) is 2. The number of nitrogens with zero attached hydrogens (tertiary/aromatic N) is 3. The molecule has 3 heterocycles. The van der Waals surface area contributed by atoms with Gasteiger partial charge in [-0.2, -0.15) is 5.10 Å². The van der Waals surface area contributed by atoms with Crippen molar-refractivity contribution in [3.8, 4) is 23.0 Å². The van der Waals surface area contributed by atoms with Crippen molar-refractivity contribution in [1.82, 2.24) is 19.7 Å². The van der Waals surface area contributed by atoms with E-state index in [1.54, 1.807) is 7.11 Å². The van der Waals surface area contributed by atoms with Gasteiger partial charge in [0.1, 0.15) is 22.8 Å². The van der Waals surface area contributed by atoms with E-state index in [0.717, 1.165) is 40.7 Å². The van der Waals surface area contributed by atoms with Crippen LogP contribution in [0.4, 0.5) is 0 Å². The molecule has 25 heavy (non-hydrogen) atoms. The van der Waals surface area contributed by atoms with E-state index in [-0.39, 0.29) is 11.6 Å². The summed E-state index contributed by atoms with van der Waals surface area (Å²) in [5.74, 6) is 2.51. The van der Waals surface area contributed by atoms with Crippen LogP contribution in [0.1, 0.15) is 37.6 Å². The average Bonchev–Trinajstić information content (AvgIpc) is 3.21. The Morgan fingerprint density at radius 2 is 2.16 bits per heavy atom. The molecule has 0 saturated carbocycles. The lowest BCUT2D eigenvalue weighted by atomic mass is 9.89. The topological polar surface area (TPSA) is 65.0 Å². The normalized spacial score (nSPS) is 18.5. The largest absolute Gasteiger partial charge is 0.497 e. The molecule has 0 radical (unpaired) electrons. The molecule has 0 bridgehead atoms. The van der Waals surface area contributed by atoms with Gasteiger partial charge >= 0.3 is 0 Å². The van der Waals surface area contributed by atoms with Crippen molar-refractivity contribution in [3.63, 3.8) is 0 Å². The van der Waals surface area contributed by atoms with Gasteiger partial charge in [-0.15, -0.1) is 0 Å². The third-order valence-corrected chi connectivity index (χ3v) is 4.59. The molecule has 1 aliphatic rings. The van der Waals surface area contributed by atoms with Crippen molar-refractivity contribution in [3.05, 3.63) is 47.9 Å². The fourth-order valence-corrected chi connectivity index (χ4v) is 3.46. The Morgan fingerprint density at radius 1 is 1.32 bits per heavy atom. The molecule has 6 heteroatoms. The van der Waals surface area contributed by atoms with Gasteiger partial charge in [0.05, 0.1) is 13.2 Å². The minimum Gasteiger partial charge on any atom is -0.497 e. The van der Waals surface area contributed by atoms with Crippen molar-refractivity contribution in [2.45, 2.75) is 38.8 Å². The van der Waals surface area contributed by atoms with Crippen molar-refractivity contribution >= 4 is 0 Å². The van der Waals surface area contributed by atoms with Crippen molar-refractivity contribution in [1.29, 1.82) is 0 Å². The van der Waals surface area contributed by atoms with Gasteiger partial charge in [-0.05, 0) is 39.0 Å². The van der Waals surface area contributed by atoms with E-state index in [9.17, 15) is 0 Å². The maximum Gasteiger partial charge on any atom is 0.161 e. The molecule has 0 amide bonds. The van der Waals surface area contributed by atoms with Crippen molar-refractivity contribution in [2.75, 3.05) is 7.11 Å². The number of nitrogens with one attached hydrogen (secondary N) is 1. The summed E-state index contributed by atoms with van der Waals surface area (Å²) in [6.45, 7) is 6.21. The Hall–Kier alpha value is -2.76. The number of hydrogen-bond acceptors (Lipinski definition) is 4. The summed E-state index contributed by atoms with van der Waals surface area (Å²) in [6, 6.07) is 8.15. The van der Waals surface area contributed by atoms with Crippen molar-refractivity contribution in [2.24, 2.45) is 0 Å². The lowest BCUT2D eigenvalue weighted by molar-refractivity contribution is 0.0670. The smallest absolute Gasteiger partial charge is 0.161 e. The summed E-state index contributed by atoms with van der Waals surface area (Å²) in [6.07, 6.45) is 4.68. The molecule has 2 aromatic heterocycles. The third-order valence-electron chi connectivity index (χ3n) is 4.59. The highest BCUT2D eigenvalue weighted by Gasteiger charge is 2.36. The molecule has 0 spiro atoms. The van der Waals surface area contributed by atoms with Gasteiger partial charge in [-0.25, -0.2) is 4.98 Å². The van der Waals surface area contributed by atoms with Crippen LogP contribution in [0.15, 0.2) is 36.7 Å². The van der Waals surface area contributed by atoms with Crippen LogP contribution < -0.4 is 9.47 Å². The van der Waals surface area contributed by atoms with E-state index in [1.807, 2.05) is 37.5 Å². The first kappa shape index (κ1) is 15.7. The minimum atomic E-state index is -0.285. The monoisotopic (exact) mass is 338 g/mol. The highest BCUT2D eigenvalue weighted by Crippen LogP contribution is 2.44. The number of imidazole rings is 1. The summed E-state index contributed by atoms with van der Waals surface area (Å²) in [4.78, 5) is 4.54. The third kappa shape index (κ3) is 2.77.